The van der Waals surface area contributed by atoms with E-state index in [4.69, 9.17) is 14.2 Å². The molecular weight excluding hydrogens is 829 g/mol. The topological polar surface area (TPSA) is 78.9 Å². The van der Waals surface area contributed by atoms with Gasteiger partial charge in [-0.2, -0.15) is 0 Å². The fraction of sp³-hybridized carbons (Fsp3) is 0.623. The number of rotatable bonds is 47. The SMILES string of the molecule is CC/C=C\C/C=C\C/C=C\C/C=C\C/C=C\CCCCCC(=O)OC[C@H](COC(=O)CCCCCCCCC/C=C\CCCCCC)OC(=O)CCCC/C=C\C/C=C\C/C=C\C/C=C\CC. The molecule has 6 nitrogen and oxygen atoms in total. The first-order valence-corrected chi connectivity index (χ1v) is 27.0. The van der Waals surface area contributed by atoms with Crippen LogP contribution >= 0.6 is 0 Å². The summed E-state index contributed by atoms with van der Waals surface area (Å²) in [7, 11) is 0. The smallest absolute Gasteiger partial charge is 0.306 e. The molecule has 0 aromatic rings. The minimum absolute atomic E-state index is 0.111. The highest BCUT2D eigenvalue weighted by molar-refractivity contribution is 5.71. The Morgan fingerprint density at radius 1 is 0.313 bits per heavy atom. The van der Waals surface area contributed by atoms with Gasteiger partial charge in [0, 0.05) is 19.3 Å². The number of unbranched alkanes of at least 4 members (excludes halogenated alkanes) is 16. The quantitative estimate of drug-likeness (QED) is 0.0262. The second-order valence-corrected chi connectivity index (χ2v) is 17.4. The van der Waals surface area contributed by atoms with E-state index >= 15 is 0 Å². The Labute approximate surface area is 412 Å². The van der Waals surface area contributed by atoms with Gasteiger partial charge in [-0.3, -0.25) is 14.4 Å². The van der Waals surface area contributed by atoms with Crippen molar-refractivity contribution in [3.8, 4) is 0 Å². The molecule has 0 heterocycles. The number of hydrogen-bond donors (Lipinski definition) is 0. The monoisotopic (exact) mass is 927 g/mol. The van der Waals surface area contributed by atoms with Crippen LogP contribution in [0.3, 0.4) is 0 Å². The highest BCUT2D eigenvalue weighted by atomic mass is 16.6. The molecule has 0 aliphatic rings. The Kier molecular flexibility index (Phi) is 51.0. The van der Waals surface area contributed by atoms with E-state index in [0.29, 0.717) is 19.3 Å². The van der Waals surface area contributed by atoms with Gasteiger partial charge in [0.15, 0.2) is 6.10 Å². The summed E-state index contributed by atoms with van der Waals surface area (Å²) in [5.41, 5.74) is 0. The summed E-state index contributed by atoms with van der Waals surface area (Å²) < 4.78 is 16.8. The normalized spacial score (nSPS) is 13.1. The Balaban J connectivity index is 4.53. The number of allylic oxidation sites excluding steroid dienone is 20. The second-order valence-electron chi connectivity index (χ2n) is 17.4. The lowest BCUT2D eigenvalue weighted by molar-refractivity contribution is -0.167. The minimum Gasteiger partial charge on any atom is -0.462 e. The number of esters is 3. The van der Waals surface area contributed by atoms with Crippen molar-refractivity contribution in [3.63, 3.8) is 0 Å². The van der Waals surface area contributed by atoms with Crippen molar-refractivity contribution in [1.82, 2.24) is 0 Å². The summed E-state index contributed by atoms with van der Waals surface area (Å²) in [5, 5.41) is 0. The molecule has 0 amide bonds. The third-order valence-corrected chi connectivity index (χ3v) is 10.9. The van der Waals surface area contributed by atoms with E-state index in [2.05, 4.69) is 142 Å². The molecule has 378 valence electrons. The zero-order chi connectivity index (χ0) is 48.6. The van der Waals surface area contributed by atoms with Crippen LogP contribution in [0.5, 0.6) is 0 Å². The lowest BCUT2D eigenvalue weighted by Crippen LogP contribution is -2.30. The average Bonchev–Trinajstić information content (AvgIpc) is 3.33. The van der Waals surface area contributed by atoms with Gasteiger partial charge in [-0.05, 0) is 128 Å². The van der Waals surface area contributed by atoms with Crippen molar-refractivity contribution in [1.29, 1.82) is 0 Å². The van der Waals surface area contributed by atoms with Gasteiger partial charge >= 0.3 is 17.9 Å². The van der Waals surface area contributed by atoms with Crippen LogP contribution in [-0.2, 0) is 28.6 Å². The molecule has 0 rings (SSSR count). The van der Waals surface area contributed by atoms with E-state index in [1.165, 1.54) is 64.2 Å². The van der Waals surface area contributed by atoms with Crippen LogP contribution in [-0.4, -0.2) is 37.2 Å². The lowest BCUT2D eigenvalue weighted by atomic mass is 10.1. The van der Waals surface area contributed by atoms with Crippen LogP contribution in [0.2, 0.25) is 0 Å². The Hall–Kier alpha value is -4.19. The number of ether oxygens (including phenoxy) is 3. The van der Waals surface area contributed by atoms with Crippen LogP contribution in [0.25, 0.3) is 0 Å². The Morgan fingerprint density at radius 2 is 0.582 bits per heavy atom. The van der Waals surface area contributed by atoms with Gasteiger partial charge in [0.25, 0.3) is 0 Å². The second kappa shape index (κ2) is 54.4. The molecule has 0 aromatic carbocycles. The van der Waals surface area contributed by atoms with Crippen LogP contribution in [0.15, 0.2) is 122 Å². The summed E-state index contributed by atoms with van der Waals surface area (Å²) in [6.45, 7) is 6.32. The Morgan fingerprint density at radius 3 is 0.970 bits per heavy atom. The summed E-state index contributed by atoms with van der Waals surface area (Å²) in [6, 6.07) is 0. The predicted molar refractivity (Wildman–Crippen MR) is 288 cm³/mol. The number of carbonyl (C=O) groups excluding carboxylic acids is 3. The Bertz CT molecular complexity index is 1440. The maximum absolute atomic E-state index is 12.8. The molecule has 0 N–H and O–H groups in total. The van der Waals surface area contributed by atoms with E-state index < -0.39 is 6.10 Å². The van der Waals surface area contributed by atoms with Crippen molar-refractivity contribution >= 4 is 17.9 Å². The molecule has 1 atom stereocenters. The van der Waals surface area contributed by atoms with E-state index in [1.54, 1.807) is 0 Å². The standard InChI is InChI=1S/C61H98O6/c1-4-7-10-13-16-19-22-25-28-29-30-31-34-36-39-42-45-48-51-54-60(63)66-57-58(67-61(64)55-52-49-46-43-40-37-33-27-24-21-18-15-12-9-6-3)56-65-59(62)53-50-47-44-41-38-35-32-26-23-20-17-14-11-8-5-2/h7,9-10,12,16,18-21,23,25,27-28,30-31,33,36,39-40,43,58H,4-6,8,11,13-15,17,22,24,26,29,32,34-35,37-38,41-42,44-57H2,1-3H3/b10-7-,12-9-,19-16-,21-18-,23-20-,28-25-,31-30-,33-27-,39-36-,43-40-/t58-/m0/s1. The van der Waals surface area contributed by atoms with Crippen LogP contribution in [0, 0.1) is 0 Å². The fourth-order valence-corrected chi connectivity index (χ4v) is 6.92. The van der Waals surface area contributed by atoms with Crippen molar-refractivity contribution in [2.75, 3.05) is 13.2 Å². The highest BCUT2D eigenvalue weighted by Gasteiger charge is 2.19. The molecule has 0 radical (unpaired) electrons. The molecule has 0 saturated carbocycles. The highest BCUT2D eigenvalue weighted by Crippen LogP contribution is 2.13. The van der Waals surface area contributed by atoms with Gasteiger partial charge in [-0.1, -0.05) is 200 Å². The van der Waals surface area contributed by atoms with Gasteiger partial charge in [0.1, 0.15) is 13.2 Å². The minimum atomic E-state index is -0.819. The molecule has 6 heteroatoms. The molecule has 67 heavy (non-hydrogen) atoms. The first kappa shape index (κ1) is 62.8. The number of carbonyl (C=O) groups is 3. The molecule has 0 aliphatic carbocycles. The molecule has 0 saturated heterocycles. The first-order chi connectivity index (χ1) is 33.0. The van der Waals surface area contributed by atoms with E-state index in [9.17, 15) is 14.4 Å². The van der Waals surface area contributed by atoms with Crippen molar-refractivity contribution in [2.24, 2.45) is 0 Å². The molecule has 0 spiro atoms. The fourth-order valence-electron chi connectivity index (χ4n) is 6.92. The third kappa shape index (κ3) is 52.6. The predicted octanol–water partition coefficient (Wildman–Crippen LogP) is 18.1. The zero-order valence-electron chi connectivity index (χ0n) is 43.1. The summed E-state index contributed by atoms with van der Waals surface area (Å²) in [5.74, 6) is -0.996. The molecule has 0 bridgehead atoms. The zero-order valence-corrected chi connectivity index (χ0v) is 43.1. The van der Waals surface area contributed by atoms with Gasteiger partial charge in [0.05, 0.1) is 0 Å². The molecule has 0 fully saturated rings. The average molecular weight is 927 g/mol. The maximum atomic E-state index is 12.8. The summed E-state index contributed by atoms with van der Waals surface area (Å²) in [4.78, 5) is 38.1. The third-order valence-electron chi connectivity index (χ3n) is 10.9. The molecular formula is C61H98O6. The molecule has 0 aromatic heterocycles. The van der Waals surface area contributed by atoms with E-state index in [1.807, 2.05) is 0 Å². The van der Waals surface area contributed by atoms with Gasteiger partial charge in [-0.25, -0.2) is 0 Å². The number of hydrogen-bond acceptors (Lipinski definition) is 6. The first-order valence-electron chi connectivity index (χ1n) is 27.0. The molecule has 0 unspecified atom stereocenters. The van der Waals surface area contributed by atoms with Gasteiger partial charge in [0.2, 0.25) is 0 Å². The van der Waals surface area contributed by atoms with Gasteiger partial charge < -0.3 is 14.2 Å². The summed E-state index contributed by atoms with van der Waals surface area (Å²) >= 11 is 0. The van der Waals surface area contributed by atoms with E-state index in [0.717, 1.165) is 116 Å². The van der Waals surface area contributed by atoms with Crippen molar-refractivity contribution < 1.29 is 28.6 Å². The lowest BCUT2D eigenvalue weighted by Gasteiger charge is -2.18. The maximum Gasteiger partial charge on any atom is 0.306 e. The molecule has 0 aliphatic heterocycles. The summed E-state index contributed by atoms with van der Waals surface area (Å²) in [6.07, 6.45) is 74.7. The van der Waals surface area contributed by atoms with Crippen LogP contribution in [0.4, 0.5) is 0 Å². The largest absolute Gasteiger partial charge is 0.462 e. The van der Waals surface area contributed by atoms with Crippen LogP contribution in [0.1, 0.15) is 226 Å². The van der Waals surface area contributed by atoms with Gasteiger partial charge in [-0.15, -0.1) is 0 Å². The van der Waals surface area contributed by atoms with Crippen molar-refractivity contribution in [3.05, 3.63) is 122 Å². The van der Waals surface area contributed by atoms with Crippen LogP contribution < -0.4 is 0 Å². The van der Waals surface area contributed by atoms with E-state index in [-0.39, 0.29) is 37.5 Å². The van der Waals surface area contributed by atoms with Crippen molar-refractivity contribution in [2.45, 2.75) is 232 Å².